The van der Waals surface area contributed by atoms with Crippen molar-refractivity contribution in [1.29, 1.82) is 0 Å². The van der Waals surface area contributed by atoms with Gasteiger partial charge in [-0.25, -0.2) is 0 Å². The van der Waals surface area contributed by atoms with E-state index in [0.717, 1.165) is 32.4 Å². The predicted octanol–water partition coefficient (Wildman–Crippen LogP) is 2.12. The summed E-state index contributed by atoms with van der Waals surface area (Å²) in [5.74, 6) is 0.295. The van der Waals surface area contributed by atoms with Gasteiger partial charge < -0.3 is 14.8 Å². The SMILES string of the molecule is CC1CC(OC(=O)C2(C(C)C)CCNC2)CC(C)O1. The molecule has 2 fully saturated rings. The van der Waals surface area contributed by atoms with Gasteiger partial charge in [-0.1, -0.05) is 13.8 Å². The lowest BCUT2D eigenvalue weighted by molar-refractivity contribution is -0.173. The van der Waals surface area contributed by atoms with Crippen molar-refractivity contribution < 1.29 is 14.3 Å². The zero-order valence-corrected chi connectivity index (χ0v) is 12.6. The van der Waals surface area contributed by atoms with Crippen LogP contribution in [0.2, 0.25) is 0 Å². The molecule has 0 radical (unpaired) electrons. The quantitative estimate of drug-likeness (QED) is 0.797. The van der Waals surface area contributed by atoms with Crippen LogP contribution in [-0.2, 0) is 14.3 Å². The van der Waals surface area contributed by atoms with Crippen molar-refractivity contribution >= 4 is 5.97 Å². The minimum absolute atomic E-state index is 0.0150. The lowest BCUT2D eigenvalue weighted by Gasteiger charge is -2.36. The average Bonchev–Trinajstić information content (AvgIpc) is 2.77. The van der Waals surface area contributed by atoms with E-state index in [2.05, 4.69) is 19.2 Å². The van der Waals surface area contributed by atoms with E-state index in [4.69, 9.17) is 9.47 Å². The molecule has 2 heterocycles. The van der Waals surface area contributed by atoms with Crippen LogP contribution in [0, 0.1) is 11.3 Å². The van der Waals surface area contributed by atoms with Crippen LogP contribution < -0.4 is 5.32 Å². The monoisotopic (exact) mass is 269 g/mol. The summed E-state index contributed by atoms with van der Waals surface area (Å²) in [5.41, 5.74) is -0.329. The first-order valence-electron chi connectivity index (χ1n) is 7.51. The molecule has 4 nitrogen and oxygen atoms in total. The molecule has 4 heteroatoms. The van der Waals surface area contributed by atoms with Gasteiger partial charge in [0.05, 0.1) is 17.6 Å². The first kappa shape index (κ1) is 14.8. The van der Waals surface area contributed by atoms with E-state index in [1.807, 2.05) is 13.8 Å². The maximum Gasteiger partial charge on any atom is 0.313 e. The molecule has 2 saturated heterocycles. The summed E-state index contributed by atoms with van der Waals surface area (Å²) in [7, 11) is 0. The zero-order chi connectivity index (χ0) is 14.0. The van der Waals surface area contributed by atoms with E-state index in [0.29, 0.717) is 5.92 Å². The highest BCUT2D eigenvalue weighted by atomic mass is 16.6. The molecule has 2 rings (SSSR count). The fourth-order valence-electron chi connectivity index (χ4n) is 3.32. The first-order chi connectivity index (χ1) is 8.94. The number of hydrogen-bond acceptors (Lipinski definition) is 4. The largest absolute Gasteiger partial charge is 0.462 e. The maximum absolute atomic E-state index is 12.6. The third-order valence-corrected chi connectivity index (χ3v) is 4.63. The van der Waals surface area contributed by atoms with E-state index in [-0.39, 0.29) is 29.7 Å². The number of carbonyl (C=O) groups is 1. The Balaban J connectivity index is 1.99. The van der Waals surface area contributed by atoms with Crippen LogP contribution in [0.25, 0.3) is 0 Å². The minimum atomic E-state index is -0.329. The van der Waals surface area contributed by atoms with Crippen molar-refractivity contribution in [2.75, 3.05) is 13.1 Å². The van der Waals surface area contributed by atoms with E-state index < -0.39 is 0 Å². The van der Waals surface area contributed by atoms with E-state index in [1.165, 1.54) is 0 Å². The molecule has 19 heavy (non-hydrogen) atoms. The average molecular weight is 269 g/mol. The molecule has 1 N–H and O–H groups in total. The highest BCUT2D eigenvalue weighted by molar-refractivity contribution is 5.78. The van der Waals surface area contributed by atoms with Gasteiger partial charge in [0, 0.05) is 19.4 Å². The Morgan fingerprint density at radius 1 is 1.32 bits per heavy atom. The third kappa shape index (κ3) is 3.11. The van der Waals surface area contributed by atoms with Gasteiger partial charge in [-0.3, -0.25) is 4.79 Å². The fourth-order valence-corrected chi connectivity index (χ4v) is 3.32. The maximum atomic E-state index is 12.6. The number of hydrogen-bond donors (Lipinski definition) is 1. The summed E-state index contributed by atoms with van der Waals surface area (Å²) in [6, 6.07) is 0. The van der Waals surface area contributed by atoms with Crippen molar-refractivity contribution in [2.24, 2.45) is 11.3 Å². The molecule has 3 unspecified atom stereocenters. The van der Waals surface area contributed by atoms with Crippen molar-refractivity contribution in [1.82, 2.24) is 5.32 Å². The molecule has 0 saturated carbocycles. The second-order valence-electron chi connectivity index (χ2n) is 6.49. The van der Waals surface area contributed by atoms with Crippen molar-refractivity contribution in [3.63, 3.8) is 0 Å². The van der Waals surface area contributed by atoms with Gasteiger partial charge >= 0.3 is 5.97 Å². The fraction of sp³-hybridized carbons (Fsp3) is 0.933. The summed E-state index contributed by atoms with van der Waals surface area (Å²) in [6.07, 6.45) is 2.90. The molecule has 2 aliphatic heterocycles. The van der Waals surface area contributed by atoms with E-state index in [9.17, 15) is 4.79 Å². The molecule has 3 atom stereocenters. The molecule has 0 aliphatic carbocycles. The minimum Gasteiger partial charge on any atom is -0.462 e. The Morgan fingerprint density at radius 3 is 2.42 bits per heavy atom. The smallest absolute Gasteiger partial charge is 0.313 e. The van der Waals surface area contributed by atoms with Crippen molar-refractivity contribution in [2.45, 2.75) is 65.3 Å². The van der Waals surface area contributed by atoms with Crippen molar-refractivity contribution in [3.8, 4) is 0 Å². The normalized spacial score (nSPS) is 39.5. The molecule has 0 aromatic carbocycles. The Morgan fingerprint density at radius 2 is 1.95 bits per heavy atom. The van der Waals surface area contributed by atoms with Crippen LogP contribution in [-0.4, -0.2) is 37.4 Å². The van der Waals surface area contributed by atoms with Crippen LogP contribution >= 0.6 is 0 Å². The van der Waals surface area contributed by atoms with Crippen LogP contribution in [0.15, 0.2) is 0 Å². The van der Waals surface area contributed by atoms with Gasteiger partial charge in [0.25, 0.3) is 0 Å². The summed E-state index contributed by atoms with van der Waals surface area (Å²) < 4.78 is 11.5. The van der Waals surface area contributed by atoms with E-state index in [1.54, 1.807) is 0 Å². The van der Waals surface area contributed by atoms with Crippen LogP contribution in [0.3, 0.4) is 0 Å². The standard InChI is InChI=1S/C15H27NO3/c1-10(2)15(5-6-16-9-15)14(17)19-13-7-11(3)18-12(4)8-13/h10-13,16H,5-9H2,1-4H3. The van der Waals surface area contributed by atoms with Crippen LogP contribution in [0.1, 0.15) is 47.0 Å². The van der Waals surface area contributed by atoms with Crippen molar-refractivity contribution in [3.05, 3.63) is 0 Å². The highest BCUT2D eigenvalue weighted by Crippen LogP contribution is 2.36. The van der Waals surface area contributed by atoms with Crippen LogP contribution in [0.5, 0.6) is 0 Å². The lowest BCUT2D eigenvalue weighted by Crippen LogP contribution is -2.44. The molecular formula is C15H27NO3. The second-order valence-corrected chi connectivity index (χ2v) is 6.49. The molecule has 0 aromatic rings. The molecule has 0 bridgehead atoms. The summed E-state index contributed by atoms with van der Waals surface area (Å²) in [6.45, 7) is 9.98. The van der Waals surface area contributed by atoms with Gasteiger partial charge in [-0.2, -0.15) is 0 Å². The Bertz CT molecular complexity index is 313. The molecule has 2 aliphatic rings. The lowest BCUT2D eigenvalue weighted by atomic mass is 9.76. The van der Waals surface area contributed by atoms with Gasteiger partial charge in [0.15, 0.2) is 0 Å². The predicted molar refractivity (Wildman–Crippen MR) is 73.9 cm³/mol. The molecule has 0 aromatic heterocycles. The molecule has 0 spiro atoms. The zero-order valence-electron chi connectivity index (χ0n) is 12.6. The molecular weight excluding hydrogens is 242 g/mol. The topological polar surface area (TPSA) is 47.6 Å². The molecule has 110 valence electrons. The van der Waals surface area contributed by atoms with Gasteiger partial charge in [-0.15, -0.1) is 0 Å². The summed E-state index contributed by atoms with van der Waals surface area (Å²) >= 11 is 0. The number of esters is 1. The van der Waals surface area contributed by atoms with Crippen LogP contribution in [0.4, 0.5) is 0 Å². The Hall–Kier alpha value is -0.610. The number of carbonyl (C=O) groups excluding carboxylic acids is 1. The third-order valence-electron chi connectivity index (χ3n) is 4.63. The van der Waals surface area contributed by atoms with Gasteiger partial charge in [-0.05, 0) is 32.7 Å². The van der Waals surface area contributed by atoms with Gasteiger partial charge in [0.2, 0.25) is 0 Å². The van der Waals surface area contributed by atoms with Gasteiger partial charge in [0.1, 0.15) is 6.10 Å². The summed E-state index contributed by atoms with van der Waals surface area (Å²) in [4.78, 5) is 12.6. The highest BCUT2D eigenvalue weighted by Gasteiger charge is 2.46. The Labute approximate surface area is 116 Å². The number of nitrogens with one attached hydrogen (secondary N) is 1. The number of ether oxygens (including phenoxy) is 2. The Kier molecular flexibility index (Phi) is 4.51. The van der Waals surface area contributed by atoms with E-state index >= 15 is 0 Å². The summed E-state index contributed by atoms with van der Waals surface area (Å²) in [5, 5.41) is 3.30. The number of rotatable bonds is 3. The first-order valence-corrected chi connectivity index (χ1v) is 7.51. The second kappa shape index (κ2) is 5.80. The molecule has 0 amide bonds.